The predicted octanol–water partition coefficient (Wildman–Crippen LogP) is 3.99. The van der Waals surface area contributed by atoms with Crippen molar-refractivity contribution in [2.75, 3.05) is 0 Å². The molecule has 1 aromatic rings. The van der Waals surface area contributed by atoms with E-state index in [-0.39, 0.29) is 17.4 Å². The second kappa shape index (κ2) is 5.61. The molecule has 0 saturated heterocycles. The smallest absolute Gasteiger partial charge is 0.101 e. The summed E-state index contributed by atoms with van der Waals surface area (Å²) in [4.78, 5) is 0. The summed E-state index contributed by atoms with van der Waals surface area (Å²) in [7, 11) is 0. The Morgan fingerprint density at radius 3 is 2.52 bits per heavy atom. The number of fused-ring (bicyclic) bond motifs is 5. The molecule has 8 atom stereocenters. The molecule has 0 spiro atoms. The van der Waals surface area contributed by atoms with Crippen molar-refractivity contribution in [2.45, 2.75) is 88.9 Å². The second-order valence-corrected chi connectivity index (χ2v) is 10.6. The maximum absolute atomic E-state index is 12.1. The number of hydrogen-bond acceptors (Lipinski definition) is 4. The van der Waals surface area contributed by atoms with Gasteiger partial charge in [0.1, 0.15) is 5.60 Å². The van der Waals surface area contributed by atoms with Crippen molar-refractivity contribution < 1.29 is 19.7 Å². The third-order valence-corrected chi connectivity index (χ3v) is 9.97. The van der Waals surface area contributed by atoms with Gasteiger partial charge in [-0.05, 0) is 87.0 Å². The Labute approximate surface area is 162 Å². The summed E-state index contributed by atoms with van der Waals surface area (Å²) in [5, 5.41) is 34.0. The molecule has 4 fully saturated rings. The van der Waals surface area contributed by atoms with E-state index in [2.05, 4.69) is 13.8 Å². The molecular formula is C23H34O4. The van der Waals surface area contributed by atoms with Gasteiger partial charge in [-0.25, -0.2) is 0 Å². The summed E-state index contributed by atoms with van der Waals surface area (Å²) in [6, 6.07) is 1.86. The molecule has 150 valence electrons. The number of furan rings is 1. The fraction of sp³-hybridized carbons (Fsp3) is 0.826. The van der Waals surface area contributed by atoms with E-state index in [1.807, 2.05) is 6.07 Å². The summed E-state index contributed by atoms with van der Waals surface area (Å²) in [5.74, 6) is 1.31. The van der Waals surface area contributed by atoms with Crippen LogP contribution in [0.15, 0.2) is 23.0 Å². The minimum Gasteiger partial charge on any atom is -0.472 e. The first-order valence-electron chi connectivity index (χ1n) is 10.9. The van der Waals surface area contributed by atoms with Gasteiger partial charge >= 0.3 is 0 Å². The van der Waals surface area contributed by atoms with E-state index in [1.54, 1.807) is 12.5 Å². The first-order valence-corrected chi connectivity index (χ1v) is 10.9. The zero-order valence-electron chi connectivity index (χ0n) is 16.7. The van der Waals surface area contributed by atoms with E-state index in [0.29, 0.717) is 24.7 Å². The van der Waals surface area contributed by atoms with Crippen LogP contribution in [0, 0.1) is 28.6 Å². The Morgan fingerprint density at radius 2 is 1.78 bits per heavy atom. The lowest BCUT2D eigenvalue weighted by Crippen LogP contribution is -2.64. The van der Waals surface area contributed by atoms with E-state index in [4.69, 9.17) is 4.42 Å². The highest BCUT2D eigenvalue weighted by Gasteiger charge is 2.72. The van der Waals surface area contributed by atoms with Crippen LogP contribution in [0.5, 0.6) is 0 Å². The zero-order chi connectivity index (χ0) is 19.1. The van der Waals surface area contributed by atoms with Crippen molar-refractivity contribution in [1.29, 1.82) is 0 Å². The summed E-state index contributed by atoms with van der Waals surface area (Å²) >= 11 is 0. The molecule has 5 rings (SSSR count). The van der Waals surface area contributed by atoms with Crippen LogP contribution >= 0.6 is 0 Å². The summed E-state index contributed by atoms with van der Waals surface area (Å²) in [6.45, 7) is 4.53. The van der Waals surface area contributed by atoms with Crippen LogP contribution in [0.1, 0.15) is 77.2 Å². The van der Waals surface area contributed by atoms with E-state index in [1.165, 1.54) is 0 Å². The van der Waals surface area contributed by atoms with Crippen LogP contribution in [-0.4, -0.2) is 27.0 Å². The van der Waals surface area contributed by atoms with Crippen LogP contribution in [0.4, 0.5) is 0 Å². The topological polar surface area (TPSA) is 73.8 Å². The van der Waals surface area contributed by atoms with Gasteiger partial charge in [0, 0.05) is 11.0 Å². The average molecular weight is 375 g/mol. The molecule has 27 heavy (non-hydrogen) atoms. The molecule has 4 heteroatoms. The van der Waals surface area contributed by atoms with Crippen molar-refractivity contribution in [3.8, 4) is 0 Å². The molecule has 0 amide bonds. The zero-order valence-corrected chi connectivity index (χ0v) is 16.7. The summed E-state index contributed by atoms with van der Waals surface area (Å²) < 4.78 is 5.29. The van der Waals surface area contributed by atoms with Crippen LogP contribution < -0.4 is 0 Å². The molecule has 4 saturated carbocycles. The largest absolute Gasteiger partial charge is 0.472 e. The molecule has 4 aliphatic carbocycles. The molecule has 3 N–H and O–H groups in total. The molecule has 0 unspecified atom stereocenters. The van der Waals surface area contributed by atoms with Gasteiger partial charge in [-0.3, -0.25) is 0 Å². The maximum atomic E-state index is 12.1. The monoisotopic (exact) mass is 374 g/mol. The van der Waals surface area contributed by atoms with Crippen molar-refractivity contribution in [3.05, 3.63) is 24.2 Å². The quantitative estimate of drug-likeness (QED) is 0.695. The molecule has 1 heterocycles. The fourth-order valence-electron chi connectivity index (χ4n) is 8.18. The van der Waals surface area contributed by atoms with Gasteiger partial charge in [-0.1, -0.05) is 13.8 Å². The molecule has 0 aliphatic heterocycles. The molecule has 0 radical (unpaired) electrons. The molecular weight excluding hydrogens is 340 g/mol. The van der Waals surface area contributed by atoms with E-state index in [9.17, 15) is 15.3 Å². The lowest BCUT2D eigenvalue weighted by atomic mass is 9.43. The van der Waals surface area contributed by atoms with Gasteiger partial charge in [-0.15, -0.1) is 0 Å². The Morgan fingerprint density at radius 1 is 0.963 bits per heavy atom. The Bertz CT molecular complexity index is 716. The fourth-order valence-corrected chi connectivity index (χ4v) is 8.18. The van der Waals surface area contributed by atoms with Gasteiger partial charge in [0.25, 0.3) is 0 Å². The van der Waals surface area contributed by atoms with Gasteiger partial charge in [0.05, 0.1) is 24.2 Å². The third kappa shape index (κ3) is 2.10. The van der Waals surface area contributed by atoms with Gasteiger partial charge in [-0.2, -0.15) is 0 Å². The van der Waals surface area contributed by atoms with Crippen LogP contribution in [0.2, 0.25) is 0 Å². The highest BCUT2D eigenvalue weighted by molar-refractivity contribution is 5.30. The molecule has 1 aromatic heterocycles. The normalized spacial score (nSPS) is 54.9. The average Bonchev–Trinajstić information content (AvgIpc) is 3.24. The SMILES string of the molecule is C[C@]12CC[C@H](O)C[C@H]1CC[C@@H]1[C@@H]2CC[C@@]2(C)[C@@]1(O)CC[C@]2(O)c1ccoc1. The predicted molar refractivity (Wildman–Crippen MR) is 102 cm³/mol. The van der Waals surface area contributed by atoms with Crippen molar-refractivity contribution in [2.24, 2.45) is 28.6 Å². The summed E-state index contributed by atoms with van der Waals surface area (Å²) in [6.07, 6.45) is 11.3. The molecule has 0 bridgehead atoms. The summed E-state index contributed by atoms with van der Waals surface area (Å²) in [5.41, 5.74) is -1.34. The lowest BCUT2D eigenvalue weighted by molar-refractivity contribution is -0.238. The first-order chi connectivity index (χ1) is 12.7. The number of aliphatic hydroxyl groups excluding tert-OH is 1. The Hall–Kier alpha value is -0.840. The van der Waals surface area contributed by atoms with Crippen molar-refractivity contribution in [1.82, 2.24) is 0 Å². The molecule has 4 nitrogen and oxygen atoms in total. The Balaban J connectivity index is 1.52. The van der Waals surface area contributed by atoms with Crippen molar-refractivity contribution >= 4 is 0 Å². The third-order valence-electron chi connectivity index (χ3n) is 9.97. The van der Waals surface area contributed by atoms with Crippen molar-refractivity contribution in [3.63, 3.8) is 0 Å². The highest BCUT2D eigenvalue weighted by atomic mass is 16.3. The standard InChI is InChI=1S/C23H34O4/c1-20-8-5-17(24)13-15(20)3-4-19-18(20)6-9-21(2)22(25,10-11-23(19,21)26)16-7-12-27-14-16/h7,12,14-15,17-19,24-26H,3-6,8-11,13H2,1-2H3/t15-,17+,18+,19-,20+,21-,22+,23-/m1/s1. The van der Waals surface area contributed by atoms with Crippen LogP contribution in [-0.2, 0) is 5.60 Å². The number of rotatable bonds is 1. The van der Waals surface area contributed by atoms with Gasteiger partial charge in [0.2, 0.25) is 0 Å². The molecule has 4 aliphatic rings. The minimum atomic E-state index is -1.01. The van der Waals surface area contributed by atoms with E-state index >= 15 is 0 Å². The number of hydrogen-bond donors (Lipinski definition) is 3. The van der Waals surface area contributed by atoms with Gasteiger partial charge in [0.15, 0.2) is 0 Å². The lowest BCUT2D eigenvalue weighted by Gasteiger charge is -2.64. The highest BCUT2D eigenvalue weighted by Crippen LogP contribution is 2.71. The number of aliphatic hydroxyl groups is 3. The first kappa shape index (κ1) is 18.2. The molecule has 0 aromatic carbocycles. The Kier molecular flexibility index (Phi) is 3.78. The second-order valence-electron chi connectivity index (χ2n) is 10.6. The van der Waals surface area contributed by atoms with Gasteiger partial charge < -0.3 is 19.7 Å². The van der Waals surface area contributed by atoms with Crippen LogP contribution in [0.25, 0.3) is 0 Å². The van der Waals surface area contributed by atoms with Crippen LogP contribution in [0.3, 0.4) is 0 Å². The maximum Gasteiger partial charge on any atom is 0.101 e. The van der Waals surface area contributed by atoms with E-state index < -0.39 is 16.6 Å². The van der Waals surface area contributed by atoms with E-state index in [0.717, 1.165) is 50.5 Å². The minimum absolute atomic E-state index is 0.144.